The molecule has 3 heterocycles. The van der Waals surface area contributed by atoms with Gasteiger partial charge in [-0.05, 0) is 57.0 Å². The molecule has 6 heteroatoms. The predicted molar refractivity (Wildman–Crippen MR) is 110 cm³/mol. The van der Waals surface area contributed by atoms with Crippen molar-refractivity contribution in [2.45, 2.75) is 39.0 Å². The lowest BCUT2D eigenvalue weighted by Gasteiger charge is -2.33. The van der Waals surface area contributed by atoms with Crippen molar-refractivity contribution in [2.75, 3.05) is 37.7 Å². The Morgan fingerprint density at radius 1 is 1.19 bits per heavy atom. The molecule has 0 bridgehead atoms. The maximum atomic E-state index is 12.5. The molecule has 144 valence electrons. The number of nitrogens with zero attached hydrogens (tertiary/aromatic N) is 3. The summed E-state index contributed by atoms with van der Waals surface area (Å²) in [6.45, 7) is 6.23. The zero-order valence-corrected chi connectivity index (χ0v) is 16.8. The number of benzene rings is 1. The minimum Gasteiger partial charge on any atom is -0.482 e. The Morgan fingerprint density at radius 2 is 2.04 bits per heavy atom. The zero-order chi connectivity index (χ0) is 18.6. The van der Waals surface area contributed by atoms with Crippen molar-refractivity contribution >= 4 is 22.9 Å². The minimum atomic E-state index is 0.0432. The van der Waals surface area contributed by atoms with Gasteiger partial charge in [0.15, 0.2) is 6.61 Å². The van der Waals surface area contributed by atoms with Crippen LogP contribution in [0.5, 0.6) is 5.75 Å². The van der Waals surface area contributed by atoms with Crippen LogP contribution in [0, 0.1) is 0 Å². The Labute approximate surface area is 165 Å². The van der Waals surface area contributed by atoms with Crippen LogP contribution in [0.3, 0.4) is 0 Å². The van der Waals surface area contributed by atoms with E-state index in [0.717, 1.165) is 61.7 Å². The largest absolute Gasteiger partial charge is 0.482 e. The second kappa shape index (κ2) is 8.40. The summed E-state index contributed by atoms with van der Waals surface area (Å²) < 4.78 is 5.67. The molecule has 1 amide bonds. The maximum Gasteiger partial charge on any atom is 0.265 e. The Kier molecular flexibility index (Phi) is 5.74. The number of hydrogen-bond acceptors (Lipinski definition) is 5. The summed E-state index contributed by atoms with van der Waals surface area (Å²) in [5, 5.41) is 3.27. The predicted octanol–water partition coefficient (Wildman–Crippen LogP) is 3.97. The highest BCUT2D eigenvalue weighted by Gasteiger charge is 2.26. The maximum absolute atomic E-state index is 12.5. The molecule has 2 aliphatic rings. The molecule has 0 radical (unpaired) electrons. The highest BCUT2D eigenvalue weighted by molar-refractivity contribution is 7.09. The van der Waals surface area contributed by atoms with Gasteiger partial charge in [-0.2, -0.15) is 0 Å². The smallest absolute Gasteiger partial charge is 0.265 e. The van der Waals surface area contributed by atoms with Gasteiger partial charge in [-0.1, -0.05) is 13.3 Å². The third kappa shape index (κ3) is 4.17. The number of amides is 1. The van der Waals surface area contributed by atoms with E-state index in [1.165, 1.54) is 24.3 Å². The van der Waals surface area contributed by atoms with Crippen molar-refractivity contribution in [3.8, 4) is 17.0 Å². The van der Waals surface area contributed by atoms with Crippen molar-refractivity contribution in [3.05, 3.63) is 28.6 Å². The van der Waals surface area contributed by atoms with Crippen LogP contribution in [0.4, 0.5) is 5.69 Å². The van der Waals surface area contributed by atoms with Crippen LogP contribution in [0.15, 0.2) is 23.6 Å². The molecule has 4 rings (SSSR count). The molecule has 0 saturated carbocycles. The van der Waals surface area contributed by atoms with Crippen LogP contribution in [0.2, 0.25) is 0 Å². The van der Waals surface area contributed by atoms with E-state index in [1.54, 1.807) is 11.3 Å². The van der Waals surface area contributed by atoms with Crippen molar-refractivity contribution in [3.63, 3.8) is 0 Å². The zero-order valence-electron chi connectivity index (χ0n) is 15.9. The van der Waals surface area contributed by atoms with E-state index < -0.39 is 0 Å². The summed E-state index contributed by atoms with van der Waals surface area (Å²) in [6.07, 6.45) is 5.97. The molecule has 1 fully saturated rings. The van der Waals surface area contributed by atoms with Gasteiger partial charge in [0, 0.05) is 24.0 Å². The standard InChI is InChI=1S/C21H27N3O2S/c1-2-6-20-22-17(15-27-20)16-7-8-19-18(13-16)24(21(25)14-26-19)12-11-23-9-4-3-5-10-23/h7-8,13,15H,2-6,9-12,14H2,1H3. The first kappa shape index (κ1) is 18.4. The van der Waals surface area contributed by atoms with E-state index in [0.29, 0.717) is 0 Å². The number of aromatic nitrogens is 1. The summed E-state index contributed by atoms with van der Waals surface area (Å²) in [4.78, 5) is 21.6. The van der Waals surface area contributed by atoms with Gasteiger partial charge in [0.05, 0.1) is 16.4 Å². The Balaban J connectivity index is 1.54. The first-order chi connectivity index (χ1) is 13.2. The lowest BCUT2D eigenvalue weighted by atomic mass is 10.1. The Hall–Kier alpha value is -1.92. The van der Waals surface area contributed by atoms with E-state index in [1.807, 2.05) is 17.0 Å². The van der Waals surface area contributed by atoms with Crippen LogP contribution >= 0.6 is 11.3 Å². The van der Waals surface area contributed by atoms with Gasteiger partial charge in [-0.15, -0.1) is 11.3 Å². The molecule has 0 N–H and O–H groups in total. The molecule has 2 aliphatic heterocycles. The minimum absolute atomic E-state index is 0.0432. The van der Waals surface area contributed by atoms with Gasteiger partial charge in [0.1, 0.15) is 5.75 Å². The van der Waals surface area contributed by atoms with Crippen LogP contribution in [0.25, 0.3) is 11.3 Å². The highest BCUT2D eigenvalue weighted by Crippen LogP contribution is 2.36. The van der Waals surface area contributed by atoms with E-state index >= 15 is 0 Å². The molecule has 0 aliphatic carbocycles. The molecule has 1 aromatic heterocycles. The van der Waals surface area contributed by atoms with E-state index in [9.17, 15) is 4.79 Å². The molecule has 1 saturated heterocycles. The fourth-order valence-corrected chi connectivity index (χ4v) is 4.71. The first-order valence-electron chi connectivity index (χ1n) is 9.99. The van der Waals surface area contributed by atoms with Gasteiger partial charge in [-0.3, -0.25) is 4.79 Å². The van der Waals surface area contributed by atoms with Gasteiger partial charge in [0.25, 0.3) is 5.91 Å². The number of fused-ring (bicyclic) bond motifs is 1. The molecular formula is C21H27N3O2S. The number of rotatable bonds is 6. The average Bonchev–Trinajstić information content (AvgIpc) is 3.16. The first-order valence-corrected chi connectivity index (χ1v) is 10.9. The van der Waals surface area contributed by atoms with Gasteiger partial charge < -0.3 is 14.5 Å². The fourth-order valence-electron chi connectivity index (χ4n) is 3.80. The van der Waals surface area contributed by atoms with Crippen molar-refractivity contribution in [1.82, 2.24) is 9.88 Å². The second-order valence-electron chi connectivity index (χ2n) is 7.30. The number of carbonyl (C=O) groups excluding carboxylic acids is 1. The van der Waals surface area contributed by atoms with Crippen molar-refractivity contribution in [1.29, 1.82) is 0 Å². The summed E-state index contributed by atoms with van der Waals surface area (Å²) >= 11 is 1.71. The van der Waals surface area contributed by atoms with Crippen LogP contribution < -0.4 is 9.64 Å². The Bertz CT molecular complexity index is 798. The third-order valence-corrected chi connectivity index (χ3v) is 6.21. The molecular weight excluding hydrogens is 358 g/mol. The number of likely N-dealkylation sites (tertiary alicyclic amines) is 1. The number of aryl methyl sites for hydroxylation is 1. The molecule has 0 unspecified atom stereocenters. The number of anilines is 1. The lowest BCUT2D eigenvalue weighted by molar-refractivity contribution is -0.121. The third-order valence-electron chi connectivity index (χ3n) is 5.30. The fraction of sp³-hybridized carbons (Fsp3) is 0.524. The number of hydrogen-bond donors (Lipinski definition) is 0. The highest BCUT2D eigenvalue weighted by atomic mass is 32.1. The van der Waals surface area contributed by atoms with Crippen LogP contribution in [0.1, 0.15) is 37.6 Å². The summed E-state index contributed by atoms with van der Waals surface area (Å²) in [7, 11) is 0. The summed E-state index contributed by atoms with van der Waals surface area (Å²) in [6, 6.07) is 6.08. The number of ether oxygens (including phenoxy) is 1. The van der Waals surface area contributed by atoms with Crippen molar-refractivity contribution < 1.29 is 9.53 Å². The van der Waals surface area contributed by atoms with Gasteiger partial charge in [-0.25, -0.2) is 4.98 Å². The lowest BCUT2D eigenvalue weighted by Crippen LogP contribution is -2.44. The molecule has 5 nitrogen and oxygen atoms in total. The summed E-state index contributed by atoms with van der Waals surface area (Å²) in [5.74, 6) is 0.836. The van der Waals surface area contributed by atoms with Crippen LogP contribution in [-0.2, 0) is 11.2 Å². The number of carbonyl (C=O) groups is 1. The van der Waals surface area contributed by atoms with E-state index in [4.69, 9.17) is 9.72 Å². The monoisotopic (exact) mass is 385 g/mol. The molecule has 0 spiro atoms. The molecule has 0 atom stereocenters. The van der Waals surface area contributed by atoms with E-state index in [2.05, 4.69) is 23.3 Å². The van der Waals surface area contributed by atoms with Gasteiger partial charge in [0.2, 0.25) is 0 Å². The number of thiazole rings is 1. The van der Waals surface area contributed by atoms with Crippen molar-refractivity contribution in [2.24, 2.45) is 0 Å². The summed E-state index contributed by atoms with van der Waals surface area (Å²) in [5.41, 5.74) is 2.92. The molecule has 2 aromatic rings. The van der Waals surface area contributed by atoms with E-state index in [-0.39, 0.29) is 12.5 Å². The van der Waals surface area contributed by atoms with Gasteiger partial charge >= 0.3 is 0 Å². The quantitative estimate of drug-likeness (QED) is 0.755. The SMILES string of the molecule is CCCc1nc(-c2ccc3c(c2)N(CCN2CCCCC2)C(=O)CO3)cs1. The normalized spacial score (nSPS) is 17.7. The number of piperidine rings is 1. The van der Waals surface area contributed by atoms with Crippen LogP contribution in [-0.4, -0.2) is 48.6 Å². The topological polar surface area (TPSA) is 45.7 Å². The Morgan fingerprint density at radius 3 is 2.85 bits per heavy atom. The molecule has 27 heavy (non-hydrogen) atoms. The molecule has 1 aromatic carbocycles. The second-order valence-corrected chi connectivity index (χ2v) is 8.24. The average molecular weight is 386 g/mol.